The third kappa shape index (κ3) is 3.09. The van der Waals surface area contributed by atoms with E-state index in [1.54, 1.807) is 0 Å². The SMILES string of the molecule is Cc1ccc(Oc2cc(C)c(Cl)c(C)c2)c(CO)c1. The Labute approximate surface area is 118 Å². The summed E-state index contributed by atoms with van der Waals surface area (Å²) in [6.07, 6.45) is 0. The molecule has 0 spiro atoms. The molecule has 2 rings (SSSR count). The number of ether oxygens (including phenoxy) is 1. The molecular formula is C16H17ClO2. The Morgan fingerprint density at radius 1 is 1.05 bits per heavy atom. The van der Waals surface area contributed by atoms with E-state index in [1.807, 2.05) is 51.1 Å². The summed E-state index contributed by atoms with van der Waals surface area (Å²) < 4.78 is 5.85. The number of aliphatic hydroxyl groups is 1. The molecule has 0 aliphatic rings. The van der Waals surface area contributed by atoms with Crippen LogP contribution in [-0.2, 0) is 6.61 Å². The predicted octanol–water partition coefficient (Wildman–Crippen LogP) is 4.55. The first-order valence-electron chi connectivity index (χ1n) is 6.16. The van der Waals surface area contributed by atoms with Gasteiger partial charge in [-0.15, -0.1) is 0 Å². The third-order valence-electron chi connectivity index (χ3n) is 3.02. The van der Waals surface area contributed by atoms with Crippen molar-refractivity contribution in [1.82, 2.24) is 0 Å². The molecule has 0 saturated carbocycles. The second-order valence-corrected chi connectivity index (χ2v) is 5.12. The van der Waals surface area contributed by atoms with Gasteiger partial charge in [0, 0.05) is 10.6 Å². The summed E-state index contributed by atoms with van der Waals surface area (Å²) in [5.74, 6) is 1.41. The van der Waals surface area contributed by atoms with E-state index in [0.29, 0.717) is 5.75 Å². The molecule has 2 aromatic carbocycles. The number of rotatable bonds is 3. The molecule has 100 valence electrons. The van der Waals surface area contributed by atoms with Gasteiger partial charge < -0.3 is 9.84 Å². The molecule has 19 heavy (non-hydrogen) atoms. The van der Waals surface area contributed by atoms with Crippen molar-refractivity contribution in [3.8, 4) is 11.5 Å². The molecule has 0 amide bonds. The first-order valence-corrected chi connectivity index (χ1v) is 6.54. The Hall–Kier alpha value is -1.51. The van der Waals surface area contributed by atoms with Gasteiger partial charge >= 0.3 is 0 Å². The van der Waals surface area contributed by atoms with E-state index in [4.69, 9.17) is 16.3 Å². The van der Waals surface area contributed by atoms with Gasteiger partial charge in [0.25, 0.3) is 0 Å². The molecule has 1 N–H and O–H groups in total. The standard InChI is InChI=1S/C16H17ClO2/c1-10-4-5-15(13(6-10)9-18)19-14-7-11(2)16(17)12(3)8-14/h4-8,18H,9H2,1-3H3. The Morgan fingerprint density at radius 2 is 1.68 bits per heavy atom. The maximum Gasteiger partial charge on any atom is 0.132 e. The highest BCUT2D eigenvalue weighted by Crippen LogP contribution is 2.31. The topological polar surface area (TPSA) is 29.5 Å². The Kier molecular flexibility index (Phi) is 4.13. The van der Waals surface area contributed by atoms with E-state index in [1.165, 1.54) is 0 Å². The van der Waals surface area contributed by atoms with Gasteiger partial charge in [0.1, 0.15) is 11.5 Å². The van der Waals surface area contributed by atoms with Gasteiger partial charge in [0.15, 0.2) is 0 Å². The van der Waals surface area contributed by atoms with Gasteiger partial charge in [0.2, 0.25) is 0 Å². The number of aryl methyl sites for hydroxylation is 3. The minimum Gasteiger partial charge on any atom is -0.457 e. The first kappa shape index (κ1) is 13.9. The van der Waals surface area contributed by atoms with Crippen LogP contribution in [0.4, 0.5) is 0 Å². The highest BCUT2D eigenvalue weighted by Gasteiger charge is 2.07. The minimum atomic E-state index is -0.0391. The molecule has 2 nitrogen and oxygen atoms in total. The van der Waals surface area contributed by atoms with Gasteiger partial charge in [-0.05, 0) is 50.1 Å². The zero-order valence-electron chi connectivity index (χ0n) is 11.3. The van der Waals surface area contributed by atoms with E-state index in [-0.39, 0.29) is 6.61 Å². The number of aliphatic hydroxyl groups excluding tert-OH is 1. The molecule has 0 heterocycles. The van der Waals surface area contributed by atoms with Crippen molar-refractivity contribution in [2.24, 2.45) is 0 Å². The van der Waals surface area contributed by atoms with Crippen molar-refractivity contribution >= 4 is 11.6 Å². The van der Waals surface area contributed by atoms with Crippen LogP contribution in [0.5, 0.6) is 11.5 Å². The monoisotopic (exact) mass is 276 g/mol. The summed E-state index contributed by atoms with van der Waals surface area (Å²) in [6, 6.07) is 9.56. The normalized spacial score (nSPS) is 10.6. The van der Waals surface area contributed by atoms with Gasteiger partial charge in [-0.1, -0.05) is 29.3 Å². The van der Waals surface area contributed by atoms with Crippen LogP contribution in [0.15, 0.2) is 30.3 Å². The van der Waals surface area contributed by atoms with Gasteiger partial charge in [0.05, 0.1) is 6.61 Å². The van der Waals surface area contributed by atoms with Crippen LogP contribution in [-0.4, -0.2) is 5.11 Å². The lowest BCUT2D eigenvalue weighted by Gasteiger charge is -2.12. The summed E-state index contributed by atoms with van der Waals surface area (Å²) in [7, 11) is 0. The van der Waals surface area contributed by atoms with Crippen LogP contribution in [0.2, 0.25) is 5.02 Å². The van der Waals surface area contributed by atoms with Crippen molar-refractivity contribution in [2.75, 3.05) is 0 Å². The minimum absolute atomic E-state index is 0.0391. The fourth-order valence-corrected chi connectivity index (χ4v) is 2.13. The second kappa shape index (κ2) is 5.64. The van der Waals surface area contributed by atoms with Crippen LogP contribution >= 0.6 is 11.6 Å². The molecule has 0 atom stereocenters. The molecule has 0 aliphatic heterocycles. The molecular weight excluding hydrogens is 260 g/mol. The molecule has 3 heteroatoms. The summed E-state index contributed by atoms with van der Waals surface area (Å²) in [5, 5.41) is 10.1. The lowest BCUT2D eigenvalue weighted by atomic mass is 10.1. The largest absolute Gasteiger partial charge is 0.457 e. The fraction of sp³-hybridized carbons (Fsp3) is 0.250. The molecule has 2 aromatic rings. The average Bonchev–Trinajstić information content (AvgIpc) is 2.38. The van der Waals surface area contributed by atoms with E-state index in [0.717, 1.165) is 33.0 Å². The van der Waals surface area contributed by atoms with Crippen LogP contribution in [0.25, 0.3) is 0 Å². The summed E-state index contributed by atoms with van der Waals surface area (Å²) >= 11 is 6.14. The second-order valence-electron chi connectivity index (χ2n) is 4.74. The van der Waals surface area contributed by atoms with Crippen molar-refractivity contribution in [3.63, 3.8) is 0 Å². The van der Waals surface area contributed by atoms with E-state index in [9.17, 15) is 5.11 Å². The molecule has 0 fully saturated rings. The number of benzene rings is 2. The molecule has 0 saturated heterocycles. The zero-order valence-corrected chi connectivity index (χ0v) is 12.1. The predicted molar refractivity (Wildman–Crippen MR) is 78.1 cm³/mol. The van der Waals surface area contributed by atoms with Gasteiger partial charge in [-0.3, -0.25) is 0 Å². The molecule has 0 radical (unpaired) electrons. The van der Waals surface area contributed by atoms with Crippen molar-refractivity contribution in [3.05, 3.63) is 57.6 Å². The highest BCUT2D eigenvalue weighted by molar-refractivity contribution is 6.32. The molecule has 0 aromatic heterocycles. The fourth-order valence-electron chi connectivity index (χ4n) is 2.02. The van der Waals surface area contributed by atoms with Gasteiger partial charge in [-0.25, -0.2) is 0 Å². The Morgan fingerprint density at radius 3 is 2.26 bits per heavy atom. The van der Waals surface area contributed by atoms with Crippen LogP contribution in [0.1, 0.15) is 22.3 Å². The molecule has 0 aliphatic carbocycles. The smallest absolute Gasteiger partial charge is 0.132 e. The van der Waals surface area contributed by atoms with Crippen LogP contribution < -0.4 is 4.74 Å². The van der Waals surface area contributed by atoms with Gasteiger partial charge in [-0.2, -0.15) is 0 Å². The number of halogens is 1. The Bertz CT molecular complexity index is 583. The van der Waals surface area contributed by atoms with E-state index >= 15 is 0 Å². The summed E-state index contributed by atoms with van der Waals surface area (Å²) in [5.41, 5.74) is 3.84. The van der Waals surface area contributed by atoms with Crippen LogP contribution in [0.3, 0.4) is 0 Å². The van der Waals surface area contributed by atoms with Crippen molar-refractivity contribution < 1.29 is 9.84 Å². The zero-order chi connectivity index (χ0) is 14.0. The molecule has 0 unspecified atom stereocenters. The maximum absolute atomic E-state index is 9.37. The summed E-state index contributed by atoms with van der Waals surface area (Å²) in [6.45, 7) is 5.84. The quantitative estimate of drug-likeness (QED) is 0.891. The summed E-state index contributed by atoms with van der Waals surface area (Å²) in [4.78, 5) is 0. The lowest BCUT2D eigenvalue weighted by molar-refractivity contribution is 0.276. The molecule has 0 bridgehead atoms. The average molecular weight is 277 g/mol. The Balaban J connectivity index is 2.36. The number of hydrogen-bond acceptors (Lipinski definition) is 2. The third-order valence-corrected chi connectivity index (χ3v) is 3.62. The lowest BCUT2D eigenvalue weighted by Crippen LogP contribution is -1.94. The maximum atomic E-state index is 9.37. The highest BCUT2D eigenvalue weighted by atomic mass is 35.5. The van der Waals surface area contributed by atoms with E-state index in [2.05, 4.69) is 0 Å². The van der Waals surface area contributed by atoms with Crippen LogP contribution in [0, 0.1) is 20.8 Å². The number of hydrogen-bond donors (Lipinski definition) is 1. The van der Waals surface area contributed by atoms with Crippen molar-refractivity contribution in [1.29, 1.82) is 0 Å². The first-order chi connectivity index (χ1) is 9.01. The van der Waals surface area contributed by atoms with Crippen molar-refractivity contribution in [2.45, 2.75) is 27.4 Å². The van der Waals surface area contributed by atoms with E-state index < -0.39 is 0 Å².